The molecule has 1 aromatic heterocycles. The Bertz CT molecular complexity index is 744. The van der Waals surface area contributed by atoms with E-state index in [9.17, 15) is 14.7 Å². The van der Waals surface area contributed by atoms with Crippen LogP contribution in [-0.4, -0.2) is 39.6 Å². The second kappa shape index (κ2) is 13.4. The molecule has 0 saturated heterocycles. The highest BCUT2D eigenvalue weighted by atomic mass is 16.5. The number of benzene rings is 1. The summed E-state index contributed by atoms with van der Waals surface area (Å²) in [4.78, 5) is 30.5. The summed E-state index contributed by atoms with van der Waals surface area (Å²) in [5.41, 5.74) is 1.04. The van der Waals surface area contributed by atoms with Crippen molar-refractivity contribution >= 4 is 11.9 Å². The molecule has 0 saturated carbocycles. The first kappa shape index (κ1) is 23.4. The van der Waals surface area contributed by atoms with E-state index in [2.05, 4.69) is 22.2 Å². The number of aromatic nitrogens is 2. The van der Waals surface area contributed by atoms with Gasteiger partial charge in [-0.2, -0.15) is 0 Å². The van der Waals surface area contributed by atoms with Crippen molar-refractivity contribution in [3.63, 3.8) is 0 Å². The number of aliphatic carboxylic acids is 1. The number of carboxylic acid groups (broad SMARTS) is 1. The Morgan fingerprint density at radius 3 is 2.33 bits per heavy atom. The quantitative estimate of drug-likeness (QED) is 0.375. The number of hydrogen-bond acceptors (Lipinski definition) is 4. The molecule has 2 aromatic rings. The highest BCUT2D eigenvalue weighted by molar-refractivity contribution is 5.96. The molecule has 1 amide bonds. The van der Waals surface area contributed by atoms with Crippen LogP contribution in [0.3, 0.4) is 0 Å². The minimum atomic E-state index is -1.09. The maximum Gasteiger partial charge on any atom is 0.326 e. The molecule has 0 fully saturated rings. The van der Waals surface area contributed by atoms with Gasteiger partial charge in [0.1, 0.15) is 11.8 Å². The molecule has 0 unspecified atom stereocenters. The Morgan fingerprint density at radius 2 is 1.73 bits per heavy atom. The molecule has 1 atom stereocenters. The maximum atomic E-state index is 12.4. The smallest absolute Gasteiger partial charge is 0.326 e. The summed E-state index contributed by atoms with van der Waals surface area (Å²) < 4.78 is 5.74. The number of nitrogens with zero attached hydrogens (tertiary/aromatic N) is 1. The zero-order valence-electron chi connectivity index (χ0n) is 17.7. The second-order valence-electron chi connectivity index (χ2n) is 7.49. The van der Waals surface area contributed by atoms with E-state index in [1.165, 1.54) is 51.3 Å². The molecule has 0 radical (unpaired) electrons. The number of hydrogen-bond donors (Lipinski definition) is 3. The van der Waals surface area contributed by atoms with Crippen LogP contribution in [0.5, 0.6) is 5.75 Å². The molecule has 0 spiro atoms. The molecule has 1 heterocycles. The molecule has 0 aliphatic heterocycles. The number of nitrogens with one attached hydrogen (secondary N) is 2. The highest BCUT2D eigenvalue weighted by Crippen LogP contribution is 2.14. The molecular formula is C23H33N3O4. The Balaban J connectivity index is 1.69. The fraction of sp³-hybridized carbons (Fsp3) is 0.522. The molecule has 7 nitrogen and oxygen atoms in total. The van der Waals surface area contributed by atoms with E-state index in [4.69, 9.17) is 4.74 Å². The van der Waals surface area contributed by atoms with E-state index in [1.807, 2.05) is 0 Å². The minimum absolute atomic E-state index is 0.140. The van der Waals surface area contributed by atoms with Gasteiger partial charge in [0.2, 0.25) is 0 Å². The van der Waals surface area contributed by atoms with Gasteiger partial charge in [-0.1, -0.05) is 51.9 Å². The van der Waals surface area contributed by atoms with Gasteiger partial charge in [0.25, 0.3) is 5.91 Å². The van der Waals surface area contributed by atoms with Crippen molar-refractivity contribution in [2.75, 3.05) is 6.61 Å². The number of unbranched alkanes of at least 4 members (excludes halogenated alkanes) is 7. The van der Waals surface area contributed by atoms with Crippen molar-refractivity contribution in [2.45, 2.75) is 70.8 Å². The topological polar surface area (TPSA) is 104 Å². The Labute approximate surface area is 178 Å². The molecule has 30 heavy (non-hydrogen) atoms. The van der Waals surface area contributed by atoms with Crippen molar-refractivity contribution < 1.29 is 19.4 Å². The predicted octanol–water partition coefficient (Wildman–Crippen LogP) is 4.35. The predicted molar refractivity (Wildman–Crippen MR) is 116 cm³/mol. The number of amides is 1. The minimum Gasteiger partial charge on any atom is -0.494 e. The number of imidazole rings is 1. The van der Waals surface area contributed by atoms with Gasteiger partial charge in [-0.05, 0) is 30.7 Å². The number of carbonyl (C=O) groups excluding carboxylic acids is 1. The van der Waals surface area contributed by atoms with Crippen LogP contribution < -0.4 is 10.1 Å². The molecule has 0 aliphatic carbocycles. The fourth-order valence-electron chi connectivity index (χ4n) is 3.19. The van der Waals surface area contributed by atoms with Gasteiger partial charge in [0.15, 0.2) is 0 Å². The Kier molecular flexibility index (Phi) is 10.5. The van der Waals surface area contributed by atoms with Crippen LogP contribution in [0.4, 0.5) is 0 Å². The number of aromatic amines is 1. The third-order valence-corrected chi connectivity index (χ3v) is 4.97. The molecule has 1 aromatic carbocycles. The largest absolute Gasteiger partial charge is 0.494 e. The van der Waals surface area contributed by atoms with Crippen molar-refractivity contribution in [2.24, 2.45) is 0 Å². The molecular weight excluding hydrogens is 382 g/mol. The lowest BCUT2D eigenvalue weighted by Crippen LogP contribution is -2.42. The molecule has 0 aliphatic rings. The Morgan fingerprint density at radius 1 is 1.07 bits per heavy atom. The number of carbonyl (C=O) groups is 2. The third-order valence-electron chi connectivity index (χ3n) is 4.97. The van der Waals surface area contributed by atoms with Crippen LogP contribution in [0, 0.1) is 0 Å². The number of ether oxygens (including phenoxy) is 1. The molecule has 0 bridgehead atoms. The van der Waals surface area contributed by atoms with Crippen LogP contribution in [0.25, 0.3) is 0 Å². The first-order valence-corrected chi connectivity index (χ1v) is 10.8. The van der Waals surface area contributed by atoms with E-state index in [0.717, 1.165) is 6.42 Å². The van der Waals surface area contributed by atoms with Crippen molar-refractivity contribution in [1.29, 1.82) is 0 Å². The maximum absolute atomic E-state index is 12.4. The average Bonchev–Trinajstić information content (AvgIpc) is 3.25. The summed E-state index contributed by atoms with van der Waals surface area (Å²) in [6.07, 6.45) is 13.1. The third kappa shape index (κ3) is 8.68. The standard InChI is InChI=1S/C23H33N3O4/c1-2-3-4-5-6-7-8-9-14-30-20-12-10-18(11-13-20)22(27)26-21(23(28)29)15-19-16-24-17-25-19/h10-13,16-17,21H,2-9,14-15H2,1H3,(H,24,25)(H,26,27)(H,28,29)/t21-/m0/s1. The molecule has 164 valence electrons. The van der Waals surface area contributed by atoms with Crippen molar-refractivity contribution in [3.05, 3.63) is 48.0 Å². The zero-order valence-corrected chi connectivity index (χ0v) is 17.7. The van der Waals surface area contributed by atoms with E-state index in [0.29, 0.717) is 23.6 Å². The van der Waals surface area contributed by atoms with Crippen LogP contribution in [0.2, 0.25) is 0 Å². The molecule has 7 heteroatoms. The summed E-state index contributed by atoms with van der Waals surface area (Å²) >= 11 is 0. The average molecular weight is 416 g/mol. The highest BCUT2D eigenvalue weighted by Gasteiger charge is 2.21. The van der Waals surface area contributed by atoms with E-state index in [1.54, 1.807) is 30.5 Å². The van der Waals surface area contributed by atoms with Gasteiger partial charge >= 0.3 is 5.97 Å². The summed E-state index contributed by atoms with van der Waals surface area (Å²) in [7, 11) is 0. The SMILES string of the molecule is CCCCCCCCCCOc1ccc(C(=O)N[C@@H](Cc2cnc[nH]2)C(=O)O)cc1. The lowest BCUT2D eigenvalue weighted by atomic mass is 10.1. The Hall–Kier alpha value is -2.83. The van der Waals surface area contributed by atoms with Gasteiger partial charge < -0.3 is 20.1 Å². The van der Waals surface area contributed by atoms with Crippen LogP contribution >= 0.6 is 0 Å². The van der Waals surface area contributed by atoms with Crippen LogP contribution in [-0.2, 0) is 11.2 Å². The normalized spacial score (nSPS) is 11.8. The second-order valence-corrected chi connectivity index (χ2v) is 7.49. The number of carboxylic acids is 1. The molecule has 2 rings (SSSR count). The molecule has 3 N–H and O–H groups in total. The van der Waals surface area contributed by atoms with Crippen molar-refractivity contribution in [1.82, 2.24) is 15.3 Å². The lowest BCUT2D eigenvalue weighted by Gasteiger charge is -2.14. The lowest BCUT2D eigenvalue weighted by molar-refractivity contribution is -0.139. The van der Waals surface area contributed by atoms with Crippen LogP contribution in [0.15, 0.2) is 36.8 Å². The van der Waals surface area contributed by atoms with Gasteiger partial charge in [0.05, 0.1) is 12.9 Å². The van der Waals surface area contributed by atoms with Gasteiger partial charge in [-0.15, -0.1) is 0 Å². The van der Waals surface area contributed by atoms with E-state index >= 15 is 0 Å². The number of rotatable bonds is 15. The fourth-order valence-corrected chi connectivity index (χ4v) is 3.19. The van der Waals surface area contributed by atoms with Gasteiger partial charge in [-0.25, -0.2) is 9.78 Å². The van der Waals surface area contributed by atoms with Gasteiger partial charge in [-0.3, -0.25) is 4.79 Å². The summed E-state index contributed by atoms with van der Waals surface area (Å²) in [6.45, 7) is 2.89. The summed E-state index contributed by atoms with van der Waals surface area (Å²) in [6, 6.07) is 5.74. The number of H-pyrrole nitrogens is 1. The first-order valence-electron chi connectivity index (χ1n) is 10.8. The summed E-state index contributed by atoms with van der Waals surface area (Å²) in [5, 5.41) is 11.9. The first-order chi connectivity index (χ1) is 14.6. The monoisotopic (exact) mass is 415 g/mol. The zero-order chi connectivity index (χ0) is 21.6. The summed E-state index contributed by atoms with van der Waals surface area (Å²) in [5.74, 6) is -0.818. The van der Waals surface area contributed by atoms with Crippen molar-refractivity contribution in [3.8, 4) is 5.75 Å². The van der Waals surface area contributed by atoms with E-state index < -0.39 is 17.9 Å². The van der Waals surface area contributed by atoms with E-state index in [-0.39, 0.29) is 6.42 Å². The van der Waals surface area contributed by atoms with Crippen LogP contribution in [0.1, 0.15) is 74.3 Å². The van der Waals surface area contributed by atoms with Gasteiger partial charge in [0, 0.05) is 23.9 Å².